The lowest BCUT2D eigenvalue weighted by Crippen LogP contribution is -2.40. The van der Waals surface area contributed by atoms with Crippen LogP contribution in [0.4, 0.5) is 8.78 Å². The van der Waals surface area contributed by atoms with Crippen LogP contribution in [-0.4, -0.2) is 32.8 Å². The number of aliphatic imine (C=N–C) groups is 1. The zero-order valence-electron chi connectivity index (χ0n) is 13.0. The van der Waals surface area contributed by atoms with Crippen molar-refractivity contribution in [3.63, 3.8) is 0 Å². The Balaban J connectivity index is 1.75. The van der Waals surface area contributed by atoms with Gasteiger partial charge in [0, 0.05) is 31.8 Å². The van der Waals surface area contributed by atoms with Crippen molar-refractivity contribution in [1.29, 1.82) is 0 Å². The summed E-state index contributed by atoms with van der Waals surface area (Å²) in [6.07, 6.45) is 2.55. The molecule has 0 spiro atoms. The number of rotatable bonds is 7. The van der Waals surface area contributed by atoms with E-state index in [0.29, 0.717) is 24.7 Å². The van der Waals surface area contributed by atoms with Gasteiger partial charge in [0.2, 0.25) is 0 Å². The Bertz CT molecular complexity index is 518. The minimum atomic E-state index is -0.580. The van der Waals surface area contributed by atoms with Crippen molar-refractivity contribution >= 4 is 5.96 Å². The van der Waals surface area contributed by atoms with E-state index >= 15 is 0 Å². The number of nitrogens with zero attached hydrogens (tertiary/aromatic N) is 1. The Kier molecular flexibility index (Phi) is 6.12. The molecule has 2 N–H and O–H groups in total. The Labute approximate surface area is 130 Å². The summed E-state index contributed by atoms with van der Waals surface area (Å²) in [6.45, 7) is 3.86. The van der Waals surface area contributed by atoms with Crippen LogP contribution in [0.1, 0.15) is 31.4 Å². The number of nitrogens with one attached hydrogen (secondary N) is 2. The average Bonchev–Trinajstić information content (AvgIpc) is 3.29. The SMILES string of the molecule is CN=C(NCCOCC1CC1)NC(C)c1ccc(F)cc1F. The number of hydrogen-bond acceptors (Lipinski definition) is 2. The minimum absolute atomic E-state index is 0.320. The number of halogens is 2. The van der Waals surface area contributed by atoms with Crippen LogP contribution in [0.3, 0.4) is 0 Å². The van der Waals surface area contributed by atoms with Crippen molar-refractivity contribution in [2.45, 2.75) is 25.8 Å². The molecular weight excluding hydrogens is 288 g/mol. The molecule has 22 heavy (non-hydrogen) atoms. The van der Waals surface area contributed by atoms with Gasteiger partial charge in [-0.15, -0.1) is 0 Å². The molecule has 6 heteroatoms. The van der Waals surface area contributed by atoms with Gasteiger partial charge in [-0.25, -0.2) is 8.78 Å². The molecule has 0 saturated heterocycles. The smallest absolute Gasteiger partial charge is 0.191 e. The third-order valence-corrected chi connectivity index (χ3v) is 3.60. The lowest BCUT2D eigenvalue weighted by molar-refractivity contribution is 0.129. The normalized spacial score (nSPS) is 16.5. The van der Waals surface area contributed by atoms with E-state index in [1.165, 1.54) is 25.0 Å². The van der Waals surface area contributed by atoms with Crippen LogP contribution < -0.4 is 10.6 Å². The molecule has 122 valence electrons. The summed E-state index contributed by atoms with van der Waals surface area (Å²) in [5.41, 5.74) is 0.398. The summed E-state index contributed by atoms with van der Waals surface area (Å²) in [6, 6.07) is 3.25. The fourth-order valence-corrected chi connectivity index (χ4v) is 2.11. The van der Waals surface area contributed by atoms with E-state index in [1.54, 1.807) is 14.0 Å². The first kappa shape index (κ1) is 16.7. The molecule has 0 amide bonds. The Morgan fingerprint density at radius 3 is 2.82 bits per heavy atom. The lowest BCUT2D eigenvalue weighted by atomic mass is 10.1. The van der Waals surface area contributed by atoms with Gasteiger partial charge in [0.1, 0.15) is 11.6 Å². The minimum Gasteiger partial charge on any atom is -0.379 e. The van der Waals surface area contributed by atoms with Crippen LogP contribution in [0.25, 0.3) is 0 Å². The van der Waals surface area contributed by atoms with Gasteiger partial charge in [0.15, 0.2) is 5.96 Å². The fourth-order valence-electron chi connectivity index (χ4n) is 2.11. The molecule has 1 atom stereocenters. The molecule has 0 radical (unpaired) electrons. The van der Waals surface area contributed by atoms with Gasteiger partial charge in [-0.2, -0.15) is 0 Å². The predicted octanol–water partition coefficient (Wildman–Crippen LogP) is 2.62. The molecule has 1 aliphatic carbocycles. The van der Waals surface area contributed by atoms with Crippen LogP contribution in [-0.2, 0) is 4.74 Å². The number of ether oxygens (including phenoxy) is 1. The van der Waals surface area contributed by atoms with Gasteiger partial charge in [-0.3, -0.25) is 4.99 Å². The Morgan fingerprint density at radius 1 is 1.41 bits per heavy atom. The monoisotopic (exact) mass is 311 g/mol. The second-order valence-corrected chi connectivity index (χ2v) is 5.55. The van der Waals surface area contributed by atoms with Crippen LogP contribution >= 0.6 is 0 Å². The maximum Gasteiger partial charge on any atom is 0.191 e. The lowest BCUT2D eigenvalue weighted by Gasteiger charge is -2.18. The average molecular weight is 311 g/mol. The molecule has 1 aromatic rings. The standard InChI is InChI=1S/C16H23F2N3O/c1-11(14-6-5-13(17)9-15(14)18)21-16(19-2)20-7-8-22-10-12-3-4-12/h5-6,9,11-12H,3-4,7-8,10H2,1-2H3,(H2,19,20,21). The van der Waals surface area contributed by atoms with Crippen molar-refractivity contribution in [2.24, 2.45) is 10.9 Å². The molecule has 0 heterocycles. The van der Waals surface area contributed by atoms with E-state index in [1.807, 2.05) is 0 Å². The first-order chi connectivity index (χ1) is 10.6. The van der Waals surface area contributed by atoms with Crippen molar-refractivity contribution < 1.29 is 13.5 Å². The maximum absolute atomic E-state index is 13.7. The second-order valence-electron chi connectivity index (χ2n) is 5.55. The van der Waals surface area contributed by atoms with Gasteiger partial charge < -0.3 is 15.4 Å². The first-order valence-electron chi connectivity index (χ1n) is 7.60. The molecule has 4 nitrogen and oxygen atoms in total. The van der Waals surface area contributed by atoms with Crippen LogP contribution in [0.5, 0.6) is 0 Å². The van der Waals surface area contributed by atoms with E-state index in [4.69, 9.17) is 4.74 Å². The Morgan fingerprint density at radius 2 is 2.18 bits per heavy atom. The third kappa shape index (κ3) is 5.26. The molecule has 1 fully saturated rings. The molecule has 1 unspecified atom stereocenters. The topological polar surface area (TPSA) is 45.7 Å². The largest absolute Gasteiger partial charge is 0.379 e. The number of guanidine groups is 1. The summed E-state index contributed by atoms with van der Waals surface area (Å²) in [5.74, 6) is 0.164. The highest BCUT2D eigenvalue weighted by Gasteiger charge is 2.20. The quantitative estimate of drug-likeness (QED) is 0.462. The van der Waals surface area contributed by atoms with Crippen molar-refractivity contribution in [2.75, 3.05) is 26.8 Å². The van der Waals surface area contributed by atoms with Gasteiger partial charge in [0.25, 0.3) is 0 Å². The predicted molar refractivity (Wildman–Crippen MR) is 82.8 cm³/mol. The summed E-state index contributed by atoms with van der Waals surface area (Å²) in [4.78, 5) is 4.09. The van der Waals surface area contributed by atoms with Crippen molar-refractivity contribution in [3.8, 4) is 0 Å². The van der Waals surface area contributed by atoms with Crippen LogP contribution in [0, 0.1) is 17.6 Å². The van der Waals surface area contributed by atoms with E-state index in [2.05, 4.69) is 15.6 Å². The molecule has 2 rings (SSSR count). The van der Waals surface area contributed by atoms with Crippen molar-refractivity contribution in [1.82, 2.24) is 10.6 Å². The van der Waals surface area contributed by atoms with Gasteiger partial charge in [-0.05, 0) is 31.7 Å². The third-order valence-electron chi connectivity index (χ3n) is 3.60. The van der Waals surface area contributed by atoms with Crippen LogP contribution in [0.2, 0.25) is 0 Å². The highest BCUT2D eigenvalue weighted by molar-refractivity contribution is 5.80. The molecule has 0 bridgehead atoms. The maximum atomic E-state index is 13.7. The van der Waals surface area contributed by atoms with Gasteiger partial charge in [0.05, 0.1) is 12.6 Å². The van der Waals surface area contributed by atoms with E-state index < -0.39 is 11.6 Å². The van der Waals surface area contributed by atoms with Crippen LogP contribution in [0.15, 0.2) is 23.2 Å². The molecule has 0 aliphatic heterocycles. The van der Waals surface area contributed by atoms with Gasteiger partial charge >= 0.3 is 0 Å². The molecule has 0 aromatic heterocycles. The first-order valence-corrected chi connectivity index (χ1v) is 7.60. The fraction of sp³-hybridized carbons (Fsp3) is 0.562. The molecule has 1 aromatic carbocycles. The highest BCUT2D eigenvalue weighted by atomic mass is 19.1. The highest BCUT2D eigenvalue weighted by Crippen LogP contribution is 2.28. The zero-order valence-corrected chi connectivity index (χ0v) is 13.0. The van der Waals surface area contributed by atoms with Gasteiger partial charge in [-0.1, -0.05) is 6.07 Å². The summed E-state index contributed by atoms with van der Waals surface area (Å²) in [5, 5.41) is 6.19. The van der Waals surface area contributed by atoms with Crippen molar-refractivity contribution in [3.05, 3.63) is 35.4 Å². The number of hydrogen-bond donors (Lipinski definition) is 2. The summed E-state index contributed by atoms with van der Waals surface area (Å²) >= 11 is 0. The second kappa shape index (κ2) is 8.08. The van der Waals surface area contributed by atoms with E-state index in [9.17, 15) is 8.78 Å². The Hall–Kier alpha value is -1.69. The van der Waals surface area contributed by atoms with E-state index in [-0.39, 0.29) is 6.04 Å². The molecule has 1 saturated carbocycles. The summed E-state index contributed by atoms with van der Waals surface area (Å²) < 4.78 is 32.2. The molecule has 1 aliphatic rings. The summed E-state index contributed by atoms with van der Waals surface area (Å²) in [7, 11) is 1.65. The number of benzene rings is 1. The zero-order chi connectivity index (χ0) is 15.9. The van der Waals surface area contributed by atoms with E-state index in [0.717, 1.165) is 18.6 Å². The molecular formula is C16H23F2N3O.